The van der Waals surface area contributed by atoms with Gasteiger partial charge in [0.1, 0.15) is 5.76 Å². The molecule has 2 heterocycles. The van der Waals surface area contributed by atoms with Gasteiger partial charge in [-0.15, -0.1) is 0 Å². The van der Waals surface area contributed by atoms with Gasteiger partial charge in [0.2, 0.25) is 0 Å². The molecule has 4 nitrogen and oxygen atoms in total. The third-order valence-corrected chi connectivity index (χ3v) is 2.53. The van der Waals surface area contributed by atoms with Crippen molar-refractivity contribution in [1.82, 2.24) is 9.78 Å². The van der Waals surface area contributed by atoms with Crippen molar-refractivity contribution in [2.45, 2.75) is 26.8 Å². The van der Waals surface area contributed by atoms with Gasteiger partial charge >= 0.3 is 0 Å². The quantitative estimate of drug-likeness (QED) is 0.740. The van der Waals surface area contributed by atoms with Crippen LogP contribution in [0.15, 0.2) is 29.1 Å². The molecule has 84 valence electrons. The van der Waals surface area contributed by atoms with E-state index in [0.717, 1.165) is 18.7 Å². The first kappa shape index (κ1) is 10.7. The molecule has 0 saturated heterocycles. The Morgan fingerprint density at radius 3 is 2.94 bits per heavy atom. The van der Waals surface area contributed by atoms with E-state index in [4.69, 9.17) is 4.42 Å². The first-order chi connectivity index (χ1) is 7.76. The van der Waals surface area contributed by atoms with Gasteiger partial charge in [0, 0.05) is 19.2 Å². The molecule has 0 amide bonds. The minimum absolute atomic E-state index is 0.0229. The molecule has 0 unspecified atom stereocenters. The SMILES string of the molecule is CCc1occc1C(=O)c1cnn(CC)c1. The molecule has 0 aliphatic carbocycles. The Labute approximate surface area is 93.9 Å². The molecule has 0 N–H and O–H groups in total. The fourth-order valence-electron chi connectivity index (χ4n) is 1.63. The van der Waals surface area contributed by atoms with Gasteiger partial charge in [0.05, 0.1) is 23.6 Å². The lowest BCUT2D eigenvalue weighted by Gasteiger charge is -1.96. The maximum atomic E-state index is 12.1. The summed E-state index contributed by atoms with van der Waals surface area (Å²) in [7, 11) is 0. The largest absolute Gasteiger partial charge is 0.469 e. The lowest BCUT2D eigenvalue weighted by atomic mass is 10.1. The third kappa shape index (κ3) is 1.78. The molecule has 0 fully saturated rings. The summed E-state index contributed by atoms with van der Waals surface area (Å²) < 4.78 is 6.98. The van der Waals surface area contributed by atoms with Crippen LogP contribution in [0.5, 0.6) is 0 Å². The number of ketones is 1. The number of hydrogen-bond donors (Lipinski definition) is 0. The maximum absolute atomic E-state index is 12.1. The monoisotopic (exact) mass is 218 g/mol. The van der Waals surface area contributed by atoms with Crippen LogP contribution in [0.4, 0.5) is 0 Å². The Kier molecular flexibility index (Phi) is 2.90. The molecule has 0 spiro atoms. The van der Waals surface area contributed by atoms with Crippen molar-refractivity contribution >= 4 is 5.78 Å². The van der Waals surface area contributed by atoms with Gasteiger partial charge in [-0.3, -0.25) is 9.48 Å². The molecule has 0 saturated carbocycles. The zero-order chi connectivity index (χ0) is 11.5. The van der Waals surface area contributed by atoms with E-state index in [1.165, 1.54) is 0 Å². The minimum atomic E-state index is -0.0229. The van der Waals surface area contributed by atoms with E-state index in [0.29, 0.717) is 11.1 Å². The molecule has 0 aliphatic rings. The van der Waals surface area contributed by atoms with Crippen LogP contribution in [-0.2, 0) is 13.0 Å². The average molecular weight is 218 g/mol. The summed E-state index contributed by atoms with van der Waals surface area (Å²) in [5, 5.41) is 4.09. The minimum Gasteiger partial charge on any atom is -0.469 e. The van der Waals surface area contributed by atoms with Crippen LogP contribution in [0, 0.1) is 0 Å². The van der Waals surface area contributed by atoms with Crippen molar-refractivity contribution in [2.75, 3.05) is 0 Å². The van der Waals surface area contributed by atoms with Crippen molar-refractivity contribution < 1.29 is 9.21 Å². The van der Waals surface area contributed by atoms with Gasteiger partial charge in [-0.1, -0.05) is 6.92 Å². The highest BCUT2D eigenvalue weighted by molar-refractivity contribution is 6.09. The number of aromatic nitrogens is 2. The molecule has 0 aromatic carbocycles. The predicted molar refractivity (Wildman–Crippen MR) is 59.4 cm³/mol. The molecule has 2 aromatic heterocycles. The molecule has 0 bridgehead atoms. The van der Waals surface area contributed by atoms with Gasteiger partial charge in [-0.25, -0.2) is 0 Å². The normalized spacial score (nSPS) is 10.6. The van der Waals surface area contributed by atoms with Crippen LogP contribution < -0.4 is 0 Å². The smallest absolute Gasteiger partial charge is 0.199 e. The lowest BCUT2D eigenvalue weighted by Crippen LogP contribution is -2.01. The number of nitrogens with zero attached hydrogens (tertiary/aromatic N) is 2. The van der Waals surface area contributed by atoms with Crippen molar-refractivity contribution in [2.24, 2.45) is 0 Å². The zero-order valence-corrected chi connectivity index (χ0v) is 9.43. The highest BCUT2D eigenvalue weighted by atomic mass is 16.3. The summed E-state index contributed by atoms with van der Waals surface area (Å²) in [4.78, 5) is 12.1. The van der Waals surface area contributed by atoms with Crippen molar-refractivity contribution in [3.63, 3.8) is 0 Å². The Balaban J connectivity index is 2.31. The molecular formula is C12H14N2O2. The molecule has 0 atom stereocenters. The van der Waals surface area contributed by atoms with Crippen molar-refractivity contribution in [1.29, 1.82) is 0 Å². The van der Waals surface area contributed by atoms with Crippen molar-refractivity contribution in [3.8, 4) is 0 Å². The summed E-state index contributed by atoms with van der Waals surface area (Å²) in [5.74, 6) is 0.708. The van der Waals surface area contributed by atoms with Gasteiger partial charge < -0.3 is 4.42 Å². The Bertz CT molecular complexity index is 497. The summed E-state index contributed by atoms with van der Waals surface area (Å²) in [6.07, 6.45) is 5.62. The average Bonchev–Trinajstić information content (AvgIpc) is 2.96. The fourth-order valence-corrected chi connectivity index (χ4v) is 1.63. The summed E-state index contributed by atoms with van der Waals surface area (Å²) in [6, 6.07) is 1.71. The molecular weight excluding hydrogens is 204 g/mol. The number of furan rings is 1. The van der Waals surface area contributed by atoms with Gasteiger partial charge in [-0.05, 0) is 13.0 Å². The lowest BCUT2D eigenvalue weighted by molar-refractivity contribution is 0.103. The van der Waals surface area contributed by atoms with Crippen molar-refractivity contribution in [3.05, 3.63) is 41.6 Å². The van der Waals surface area contributed by atoms with E-state index in [1.807, 2.05) is 13.8 Å². The van der Waals surface area contributed by atoms with Crippen LogP contribution in [0.1, 0.15) is 35.5 Å². The Morgan fingerprint density at radius 2 is 2.31 bits per heavy atom. The first-order valence-corrected chi connectivity index (χ1v) is 5.39. The number of rotatable bonds is 4. The molecule has 2 aromatic rings. The van der Waals surface area contributed by atoms with Gasteiger partial charge in [-0.2, -0.15) is 5.10 Å². The molecule has 0 aliphatic heterocycles. The number of carbonyl (C=O) groups is 1. The number of carbonyl (C=O) groups excluding carboxylic acids is 1. The molecule has 4 heteroatoms. The molecule has 0 radical (unpaired) electrons. The third-order valence-electron chi connectivity index (χ3n) is 2.53. The van der Waals surface area contributed by atoms with E-state index in [9.17, 15) is 4.79 Å². The Hall–Kier alpha value is -1.84. The second-order valence-electron chi connectivity index (χ2n) is 3.52. The zero-order valence-electron chi connectivity index (χ0n) is 9.43. The fraction of sp³-hybridized carbons (Fsp3) is 0.333. The highest BCUT2D eigenvalue weighted by Crippen LogP contribution is 2.16. The van der Waals surface area contributed by atoms with Gasteiger partial charge in [0.25, 0.3) is 0 Å². The van der Waals surface area contributed by atoms with E-state index in [-0.39, 0.29) is 5.78 Å². The molecule has 16 heavy (non-hydrogen) atoms. The van der Waals surface area contributed by atoms with E-state index in [1.54, 1.807) is 29.4 Å². The van der Waals surface area contributed by atoms with Crippen LogP contribution in [0.25, 0.3) is 0 Å². The summed E-state index contributed by atoms with van der Waals surface area (Å²) >= 11 is 0. The first-order valence-electron chi connectivity index (χ1n) is 5.39. The van der Waals surface area contributed by atoms with E-state index >= 15 is 0 Å². The maximum Gasteiger partial charge on any atom is 0.199 e. The van der Waals surface area contributed by atoms with Crippen LogP contribution >= 0.6 is 0 Å². The predicted octanol–water partition coefficient (Wildman–Crippen LogP) is 2.29. The summed E-state index contributed by atoms with van der Waals surface area (Å²) in [6.45, 7) is 4.71. The number of aryl methyl sites for hydroxylation is 2. The van der Waals surface area contributed by atoms with Crippen LogP contribution in [0.2, 0.25) is 0 Å². The second-order valence-corrected chi connectivity index (χ2v) is 3.52. The van der Waals surface area contributed by atoms with Gasteiger partial charge in [0.15, 0.2) is 5.78 Å². The summed E-state index contributed by atoms with van der Waals surface area (Å²) in [5.41, 5.74) is 1.25. The standard InChI is InChI=1S/C12H14N2O2/c1-3-11-10(5-6-16-11)12(15)9-7-13-14(4-2)8-9/h5-8H,3-4H2,1-2H3. The van der Waals surface area contributed by atoms with E-state index in [2.05, 4.69) is 5.10 Å². The van der Waals surface area contributed by atoms with Crippen LogP contribution in [0.3, 0.4) is 0 Å². The Morgan fingerprint density at radius 1 is 1.50 bits per heavy atom. The topological polar surface area (TPSA) is 48.0 Å². The second kappa shape index (κ2) is 4.35. The highest BCUT2D eigenvalue weighted by Gasteiger charge is 2.16. The van der Waals surface area contributed by atoms with Crippen LogP contribution in [-0.4, -0.2) is 15.6 Å². The number of hydrogen-bond acceptors (Lipinski definition) is 3. The van der Waals surface area contributed by atoms with E-state index < -0.39 is 0 Å². The molecule has 2 rings (SSSR count).